The van der Waals surface area contributed by atoms with Gasteiger partial charge < -0.3 is 9.13 Å². The fourth-order valence-electron chi connectivity index (χ4n) is 7.43. The molecule has 0 aliphatic heterocycles. The normalized spacial score (nSPS) is 10.8. The third-order valence-electron chi connectivity index (χ3n) is 10.1. The van der Waals surface area contributed by atoms with Gasteiger partial charge in [-0.1, -0.05) is 141 Å². The van der Waals surface area contributed by atoms with Crippen LogP contribution < -0.4 is 0 Å². The molecular formula is C54H48N4. The molecule has 7 aromatic carbocycles. The summed E-state index contributed by atoms with van der Waals surface area (Å²) in [5.74, 6) is 0.703. The van der Waals surface area contributed by atoms with Crippen molar-refractivity contribution in [1.29, 1.82) is 0 Å². The summed E-state index contributed by atoms with van der Waals surface area (Å²) in [6, 6.07) is 62.0. The lowest BCUT2D eigenvalue weighted by atomic mass is 10.0. The Kier molecular flexibility index (Phi) is 12.2. The van der Waals surface area contributed by atoms with Crippen molar-refractivity contribution in [3.63, 3.8) is 0 Å². The first kappa shape index (κ1) is 39.0. The van der Waals surface area contributed by atoms with Crippen LogP contribution in [0.5, 0.6) is 0 Å². The molecule has 3 aromatic heterocycles. The minimum absolute atomic E-state index is 0.703. The van der Waals surface area contributed by atoms with Crippen molar-refractivity contribution in [3.8, 4) is 45.3 Å². The fourth-order valence-corrected chi connectivity index (χ4v) is 7.43. The quantitative estimate of drug-likeness (QED) is 0.164. The van der Waals surface area contributed by atoms with E-state index >= 15 is 0 Å². The topological polar surface area (TPSA) is 35.6 Å². The van der Waals surface area contributed by atoms with Crippen LogP contribution in [0.4, 0.5) is 0 Å². The number of para-hydroxylation sites is 2. The van der Waals surface area contributed by atoms with Gasteiger partial charge in [0, 0.05) is 55.8 Å². The molecule has 58 heavy (non-hydrogen) atoms. The molecule has 0 aliphatic carbocycles. The van der Waals surface area contributed by atoms with E-state index in [4.69, 9.17) is 9.97 Å². The summed E-state index contributed by atoms with van der Waals surface area (Å²) < 4.78 is 4.71. The van der Waals surface area contributed by atoms with Crippen LogP contribution in [-0.4, -0.2) is 19.1 Å². The highest BCUT2D eigenvalue weighted by Gasteiger charge is 2.19. The maximum atomic E-state index is 5.06. The van der Waals surface area contributed by atoms with Gasteiger partial charge in [0.25, 0.3) is 0 Å². The summed E-state index contributed by atoms with van der Waals surface area (Å²) in [6.45, 7) is 14.0. The summed E-state index contributed by atoms with van der Waals surface area (Å²) in [5, 5.41) is 6.21. The standard InChI is InChI=1S/C46H30N4.C4H8.C2H6.C2H4/c1-4-12-31(13-5-1)39-30-40(32-14-6-2-7-15-32)48-46(47-39)35-22-25-37(26-23-35)50-41-19-11-10-18-38(41)44-42(50)27-24-33-20-21-34-28-29-49(45(34)43(33)44)36-16-8-3-9-17-36;1-3-4-2;2*1-2/h1-30H;3-4H,1-2H3;1-2H3;1-2H2/b;4-3-;;. The van der Waals surface area contributed by atoms with E-state index < -0.39 is 0 Å². The molecule has 0 fully saturated rings. The minimum atomic E-state index is 0.703. The third-order valence-corrected chi connectivity index (χ3v) is 10.1. The Bertz CT molecular complexity index is 2880. The van der Waals surface area contributed by atoms with Crippen LogP contribution in [0.15, 0.2) is 207 Å². The summed E-state index contributed by atoms with van der Waals surface area (Å²) in [6.07, 6.45) is 6.19. The van der Waals surface area contributed by atoms with Gasteiger partial charge in [-0.25, -0.2) is 9.97 Å². The number of aromatic nitrogens is 4. The van der Waals surface area contributed by atoms with Gasteiger partial charge in [-0.3, -0.25) is 0 Å². The van der Waals surface area contributed by atoms with Crippen molar-refractivity contribution in [2.75, 3.05) is 0 Å². The average molecular weight is 753 g/mol. The van der Waals surface area contributed by atoms with Gasteiger partial charge in [-0.05, 0) is 79.9 Å². The smallest absolute Gasteiger partial charge is 0.160 e. The van der Waals surface area contributed by atoms with Crippen LogP contribution in [-0.2, 0) is 0 Å². The van der Waals surface area contributed by atoms with E-state index in [9.17, 15) is 0 Å². The molecule has 0 amide bonds. The molecule has 0 spiro atoms. The monoisotopic (exact) mass is 752 g/mol. The van der Waals surface area contributed by atoms with E-state index in [0.29, 0.717) is 5.82 Å². The lowest BCUT2D eigenvalue weighted by Gasteiger charge is -2.12. The van der Waals surface area contributed by atoms with Crippen LogP contribution in [0, 0.1) is 0 Å². The van der Waals surface area contributed by atoms with Crippen molar-refractivity contribution in [2.24, 2.45) is 0 Å². The maximum Gasteiger partial charge on any atom is 0.160 e. The molecule has 4 heteroatoms. The third kappa shape index (κ3) is 7.48. The fraction of sp³-hybridized carbons (Fsp3) is 0.0741. The van der Waals surface area contributed by atoms with E-state index in [0.717, 1.165) is 39.5 Å². The first-order valence-corrected chi connectivity index (χ1v) is 19.9. The van der Waals surface area contributed by atoms with E-state index in [2.05, 4.69) is 168 Å². The average Bonchev–Trinajstić information content (AvgIpc) is 3.91. The van der Waals surface area contributed by atoms with Crippen LogP contribution in [0.1, 0.15) is 27.7 Å². The predicted octanol–water partition coefficient (Wildman–Crippen LogP) is 15.1. The number of allylic oxidation sites excluding steroid dienone is 2. The van der Waals surface area contributed by atoms with Gasteiger partial charge in [-0.15, -0.1) is 13.2 Å². The maximum absolute atomic E-state index is 5.06. The van der Waals surface area contributed by atoms with E-state index in [1.807, 2.05) is 76.2 Å². The predicted molar refractivity (Wildman–Crippen MR) is 250 cm³/mol. The lowest BCUT2D eigenvalue weighted by molar-refractivity contribution is 1.13. The second-order valence-corrected chi connectivity index (χ2v) is 13.3. The Morgan fingerprint density at radius 2 is 1.00 bits per heavy atom. The molecule has 10 aromatic rings. The van der Waals surface area contributed by atoms with Crippen molar-refractivity contribution in [2.45, 2.75) is 27.7 Å². The SMILES string of the molecule is C/C=C\C.C=C.CC.c1ccc(-c2cc(-c3ccccc3)nc(-c3ccc(-n4c5ccccc5c5c6c(ccc7ccn(-c8ccccc8)c76)ccc54)cc3)n2)cc1. The summed E-state index contributed by atoms with van der Waals surface area (Å²) in [7, 11) is 0. The van der Waals surface area contributed by atoms with Gasteiger partial charge in [0.1, 0.15) is 0 Å². The molecule has 0 aliphatic rings. The van der Waals surface area contributed by atoms with E-state index in [1.54, 1.807) is 0 Å². The first-order valence-electron chi connectivity index (χ1n) is 19.9. The molecule has 0 saturated heterocycles. The van der Waals surface area contributed by atoms with Crippen LogP contribution >= 0.6 is 0 Å². The van der Waals surface area contributed by atoms with Crippen LogP contribution in [0.2, 0.25) is 0 Å². The zero-order valence-corrected chi connectivity index (χ0v) is 33.7. The van der Waals surface area contributed by atoms with E-state index in [-0.39, 0.29) is 0 Å². The zero-order chi connectivity index (χ0) is 40.4. The van der Waals surface area contributed by atoms with Gasteiger partial charge in [0.05, 0.1) is 27.9 Å². The lowest BCUT2D eigenvalue weighted by Crippen LogP contribution is -1.97. The molecule has 0 radical (unpaired) electrons. The summed E-state index contributed by atoms with van der Waals surface area (Å²) in [4.78, 5) is 10.1. The highest BCUT2D eigenvalue weighted by molar-refractivity contribution is 6.27. The molecule has 284 valence electrons. The number of hydrogen-bond donors (Lipinski definition) is 0. The minimum Gasteiger partial charge on any atom is -0.316 e. The molecule has 3 heterocycles. The highest BCUT2D eigenvalue weighted by Crippen LogP contribution is 2.41. The molecule has 4 nitrogen and oxygen atoms in total. The molecule has 0 saturated carbocycles. The Morgan fingerprint density at radius 3 is 1.60 bits per heavy atom. The summed E-state index contributed by atoms with van der Waals surface area (Å²) >= 11 is 0. The Morgan fingerprint density at radius 1 is 0.466 bits per heavy atom. The van der Waals surface area contributed by atoms with Crippen LogP contribution in [0.3, 0.4) is 0 Å². The number of nitrogens with zero attached hydrogens (tertiary/aromatic N) is 4. The molecule has 0 N–H and O–H groups in total. The van der Waals surface area contributed by atoms with Gasteiger partial charge in [-0.2, -0.15) is 0 Å². The molecule has 0 unspecified atom stereocenters. The highest BCUT2D eigenvalue weighted by atomic mass is 15.0. The second kappa shape index (κ2) is 18.1. The van der Waals surface area contributed by atoms with Gasteiger partial charge >= 0.3 is 0 Å². The van der Waals surface area contributed by atoms with Gasteiger partial charge in [0.2, 0.25) is 0 Å². The number of rotatable bonds is 5. The largest absolute Gasteiger partial charge is 0.316 e. The van der Waals surface area contributed by atoms with Crippen molar-refractivity contribution in [1.82, 2.24) is 19.1 Å². The molecule has 10 rings (SSSR count). The van der Waals surface area contributed by atoms with Gasteiger partial charge in [0.15, 0.2) is 5.82 Å². The zero-order valence-electron chi connectivity index (χ0n) is 33.7. The second-order valence-electron chi connectivity index (χ2n) is 13.3. The summed E-state index contributed by atoms with van der Waals surface area (Å²) in [5.41, 5.74) is 10.7. The number of hydrogen-bond acceptors (Lipinski definition) is 2. The number of fused-ring (bicyclic) bond motifs is 7. The van der Waals surface area contributed by atoms with Crippen LogP contribution in [0.25, 0.3) is 88.8 Å². The first-order chi connectivity index (χ1) is 28.7. The number of benzene rings is 7. The molecule has 0 bridgehead atoms. The Labute approximate surface area is 341 Å². The molecular weight excluding hydrogens is 705 g/mol. The van der Waals surface area contributed by atoms with Crippen molar-refractivity contribution in [3.05, 3.63) is 207 Å². The van der Waals surface area contributed by atoms with Crippen molar-refractivity contribution >= 4 is 43.5 Å². The Hall–Kier alpha value is -7.30. The van der Waals surface area contributed by atoms with Crippen molar-refractivity contribution < 1.29 is 0 Å². The van der Waals surface area contributed by atoms with E-state index in [1.165, 1.54) is 43.5 Å². The molecule has 0 atom stereocenters. The Balaban J connectivity index is 0.000000597.